The highest BCUT2D eigenvalue weighted by Gasteiger charge is 2.18. The molecular formula is C9H4Cl4FN3OS. The van der Waals surface area contributed by atoms with Gasteiger partial charge in [-0.05, 0) is 34.9 Å². The van der Waals surface area contributed by atoms with Crippen molar-refractivity contribution in [1.82, 2.24) is 14.6 Å². The lowest BCUT2D eigenvalue weighted by Crippen LogP contribution is -2.19. The molecule has 0 aliphatic carbocycles. The third-order valence-electron chi connectivity index (χ3n) is 2.01. The Labute approximate surface area is 130 Å². The van der Waals surface area contributed by atoms with E-state index >= 15 is 0 Å². The van der Waals surface area contributed by atoms with E-state index in [1.807, 2.05) is 0 Å². The minimum atomic E-state index is -1.00. The normalized spacial score (nSPS) is 11.3. The summed E-state index contributed by atoms with van der Waals surface area (Å²) in [5.41, 5.74) is -0.738. The van der Waals surface area contributed by atoms with Crippen LogP contribution in [0.3, 0.4) is 0 Å². The standard InChI is InChI=1S/C9H4Cl4FN3OS/c10-4-1-5(11)3-6(2-4)16-8(19-7(12)13)15-17(14)9(16)18/h1-3,7H. The Morgan fingerprint density at radius 1 is 1.21 bits per heavy atom. The second kappa shape index (κ2) is 5.93. The smallest absolute Gasteiger partial charge is 0.243 e. The van der Waals surface area contributed by atoms with Crippen molar-refractivity contribution in [3.8, 4) is 5.69 Å². The zero-order chi connectivity index (χ0) is 14.2. The van der Waals surface area contributed by atoms with Gasteiger partial charge in [0.2, 0.25) is 5.16 Å². The van der Waals surface area contributed by atoms with Crippen molar-refractivity contribution in [1.29, 1.82) is 0 Å². The number of alkyl halides is 2. The molecule has 0 aliphatic heterocycles. The Morgan fingerprint density at radius 2 is 1.79 bits per heavy atom. The van der Waals surface area contributed by atoms with E-state index in [4.69, 9.17) is 46.4 Å². The summed E-state index contributed by atoms with van der Waals surface area (Å²) in [4.78, 5) is 11.4. The number of aromatic nitrogens is 3. The molecule has 2 rings (SSSR count). The number of rotatable bonds is 3. The minimum Gasteiger partial charge on any atom is -0.243 e. The van der Waals surface area contributed by atoms with E-state index in [1.165, 1.54) is 18.2 Å². The molecule has 19 heavy (non-hydrogen) atoms. The highest BCUT2D eigenvalue weighted by molar-refractivity contribution is 8.02. The van der Waals surface area contributed by atoms with Crippen LogP contribution >= 0.6 is 58.2 Å². The van der Waals surface area contributed by atoms with Crippen LogP contribution in [0.25, 0.3) is 5.69 Å². The molecule has 10 heteroatoms. The lowest BCUT2D eigenvalue weighted by atomic mass is 10.3. The number of thioether (sulfide) groups is 1. The Hall–Kier alpha value is -0.400. The highest BCUT2D eigenvalue weighted by atomic mass is 35.5. The molecule has 1 aromatic heterocycles. The van der Waals surface area contributed by atoms with Gasteiger partial charge in [-0.1, -0.05) is 50.9 Å². The van der Waals surface area contributed by atoms with Gasteiger partial charge in [-0.25, -0.2) is 9.36 Å². The summed E-state index contributed by atoms with van der Waals surface area (Å²) >= 11 is 23.6. The van der Waals surface area contributed by atoms with Crippen molar-refractivity contribution in [3.63, 3.8) is 0 Å². The molecule has 0 spiro atoms. The minimum absolute atomic E-state index is 0.0131. The topological polar surface area (TPSA) is 39.8 Å². The molecule has 1 heterocycles. The van der Waals surface area contributed by atoms with Crippen LogP contribution < -0.4 is 5.69 Å². The molecule has 0 saturated heterocycles. The monoisotopic (exact) mass is 361 g/mol. The van der Waals surface area contributed by atoms with Crippen LogP contribution in [-0.2, 0) is 0 Å². The molecule has 0 unspecified atom stereocenters. The van der Waals surface area contributed by atoms with Crippen LogP contribution in [0.1, 0.15) is 0 Å². The van der Waals surface area contributed by atoms with Crippen molar-refractivity contribution in [2.75, 3.05) is 0 Å². The van der Waals surface area contributed by atoms with Crippen LogP contribution in [-0.4, -0.2) is 18.7 Å². The van der Waals surface area contributed by atoms with E-state index in [2.05, 4.69) is 5.10 Å². The third kappa shape index (κ3) is 3.38. The molecule has 0 amide bonds. The van der Waals surface area contributed by atoms with E-state index in [-0.39, 0.29) is 15.7 Å². The summed E-state index contributed by atoms with van der Waals surface area (Å²) in [6, 6.07) is 4.37. The molecule has 0 aliphatic rings. The van der Waals surface area contributed by atoms with Gasteiger partial charge >= 0.3 is 5.69 Å². The van der Waals surface area contributed by atoms with Crippen molar-refractivity contribution < 1.29 is 4.48 Å². The van der Waals surface area contributed by atoms with E-state index in [1.54, 1.807) is 0 Å². The maximum atomic E-state index is 13.2. The summed E-state index contributed by atoms with van der Waals surface area (Å²) in [6.07, 6.45) is 0. The van der Waals surface area contributed by atoms with E-state index < -0.39 is 9.86 Å². The molecule has 0 bridgehead atoms. The number of halogens is 5. The van der Waals surface area contributed by atoms with E-state index in [0.29, 0.717) is 10.0 Å². The average molecular weight is 363 g/mol. The lowest BCUT2D eigenvalue weighted by Gasteiger charge is -2.06. The van der Waals surface area contributed by atoms with Crippen LogP contribution in [0.4, 0.5) is 4.48 Å². The third-order valence-corrected chi connectivity index (χ3v) is 3.64. The summed E-state index contributed by atoms with van der Waals surface area (Å²) < 4.78 is 13.3. The Kier molecular flexibility index (Phi) is 4.68. The van der Waals surface area contributed by atoms with Gasteiger partial charge in [0.1, 0.15) is 0 Å². The van der Waals surface area contributed by atoms with Gasteiger partial charge in [0.15, 0.2) is 4.17 Å². The van der Waals surface area contributed by atoms with Crippen LogP contribution in [0.15, 0.2) is 28.2 Å². The molecule has 0 fully saturated rings. The SMILES string of the molecule is O=c1n(F)nc(SC(Cl)Cl)n1-c1cc(Cl)cc(Cl)c1. The van der Waals surface area contributed by atoms with Gasteiger partial charge in [-0.15, -0.1) is 5.10 Å². The summed E-state index contributed by atoms with van der Waals surface area (Å²) in [5, 5.41) is 3.97. The number of benzene rings is 1. The van der Waals surface area contributed by atoms with Gasteiger partial charge in [0, 0.05) is 10.0 Å². The summed E-state index contributed by atoms with van der Waals surface area (Å²) in [5.74, 6) is 0. The molecule has 0 atom stereocenters. The van der Waals surface area contributed by atoms with Crippen molar-refractivity contribution in [2.24, 2.45) is 0 Å². The molecule has 0 N–H and O–H groups in total. The molecule has 1 aromatic carbocycles. The fourth-order valence-corrected chi connectivity index (χ4v) is 2.93. The van der Waals surface area contributed by atoms with Gasteiger partial charge in [0.05, 0.1) is 5.69 Å². The van der Waals surface area contributed by atoms with E-state index in [0.717, 1.165) is 16.3 Å². The number of hydrogen-bond acceptors (Lipinski definition) is 3. The van der Waals surface area contributed by atoms with Gasteiger partial charge in [0.25, 0.3) is 0 Å². The molecule has 2 aromatic rings. The van der Waals surface area contributed by atoms with Crippen molar-refractivity contribution in [2.45, 2.75) is 9.32 Å². The highest BCUT2D eigenvalue weighted by Crippen LogP contribution is 2.29. The molecule has 0 radical (unpaired) electrons. The molecular weight excluding hydrogens is 359 g/mol. The van der Waals surface area contributed by atoms with E-state index in [9.17, 15) is 9.28 Å². The fourth-order valence-electron chi connectivity index (χ4n) is 1.37. The van der Waals surface area contributed by atoms with Crippen LogP contribution in [0.5, 0.6) is 0 Å². The summed E-state index contributed by atoms with van der Waals surface area (Å²) in [6.45, 7) is 0. The van der Waals surface area contributed by atoms with Crippen molar-refractivity contribution >= 4 is 58.2 Å². The first-order chi connectivity index (χ1) is 8.88. The second-order valence-electron chi connectivity index (χ2n) is 3.27. The van der Waals surface area contributed by atoms with Crippen molar-refractivity contribution in [3.05, 3.63) is 38.7 Å². The first kappa shape index (κ1) is 15.0. The zero-order valence-electron chi connectivity index (χ0n) is 8.86. The number of nitrogens with zero attached hydrogens (tertiary/aromatic N) is 3. The predicted molar refractivity (Wildman–Crippen MR) is 75.7 cm³/mol. The maximum Gasteiger partial charge on any atom is 0.380 e. The Morgan fingerprint density at radius 3 is 2.32 bits per heavy atom. The summed E-state index contributed by atoms with van der Waals surface area (Å²) in [7, 11) is 0. The van der Waals surface area contributed by atoms with Gasteiger partial charge in [-0.3, -0.25) is 0 Å². The first-order valence-corrected chi connectivity index (χ1v) is 7.19. The van der Waals surface area contributed by atoms with Gasteiger partial charge in [-0.2, -0.15) is 0 Å². The van der Waals surface area contributed by atoms with Crippen LogP contribution in [0.2, 0.25) is 10.0 Å². The maximum absolute atomic E-state index is 13.2. The number of hydrogen-bond donors (Lipinski definition) is 0. The first-order valence-electron chi connectivity index (χ1n) is 4.68. The quantitative estimate of drug-likeness (QED) is 0.613. The Bertz CT molecular complexity index is 652. The van der Waals surface area contributed by atoms with Gasteiger partial charge < -0.3 is 0 Å². The predicted octanol–water partition coefficient (Wildman–Crippen LogP) is 3.93. The van der Waals surface area contributed by atoms with Crippen LogP contribution in [0, 0.1) is 0 Å². The largest absolute Gasteiger partial charge is 0.380 e. The molecule has 4 nitrogen and oxygen atoms in total. The molecule has 102 valence electrons. The average Bonchev–Trinajstić information content (AvgIpc) is 2.52. The fraction of sp³-hybridized carbons (Fsp3) is 0.111. The lowest BCUT2D eigenvalue weighted by molar-refractivity contribution is 0.296. The second-order valence-corrected chi connectivity index (χ2v) is 6.83. The Balaban J connectivity index is 2.63. The molecule has 0 saturated carbocycles. The zero-order valence-corrected chi connectivity index (χ0v) is 12.7.